The number of hydrogen-bond acceptors (Lipinski definition) is 4. The average Bonchev–Trinajstić information content (AvgIpc) is 2.50. The van der Waals surface area contributed by atoms with E-state index in [9.17, 15) is 0 Å². The van der Waals surface area contributed by atoms with Gasteiger partial charge in [-0.2, -0.15) is 4.37 Å². The van der Waals surface area contributed by atoms with Crippen LogP contribution in [-0.2, 0) is 0 Å². The summed E-state index contributed by atoms with van der Waals surface area (Å²) < 4.78 is 4.23. The van der Waals surface area contributed by atoms with Gasteiger partial charge in [0.1, 0.15) is 5.82 Å². The van der Waals surface area contributed by atoms with Gasteiger partial charge in [-0.05, 0) is 25.2 Å². The van der Waals surface area contributed by atoms with E-state index in [1.165, 1.54) is 18.0 Å². The highest BCUT2D eigenvalue weighted by Crippen LogP contribution is 2.26. The number of rotatable bonds is 1. The first-order chi connectivity index (χ1) is 6.65. The Balaban J connectivity index is 2.10. The standard InChI is InChI=1S/C10H17N3S/c1-7-4-8(2)6-13(5-7)10-11-9(3)12-14-10/h7-8H,4-6H2,1-3H3. The van der Waals surface area contributed by atoms with Crippen LogP contribution < -0.4 is 4.90 Å². The molecule has 0 bridgehead atoms. The molecule has 2 atom stereocenters. The molecule has 78 valence electrons. The first-order valence-electron chi connectivity index (χ1n) is 5.20. The van der Waals surface area contributed by atoms with Gasteiger partial charge >= 0.3 is 0 Å². The minimum Gasteiger partial charge on any atom is -0.346 e. The molecule has 0 amide bonds. The number of hydrogen-bond donors (Lipinski definition) is 0. The molecule has 2 unspecified atom stereocenters. The molecule has 0 aromatic carbocycles. The maximum absolute atomic E-state index is 4.44. The smallest absolute Gasteiger partial charge is 0.205 e. The third-order valence-electron chi connectivity index (χ3n) is 2.66. The van der Waals surface area contributed by atoms with Gasteiger partial charge in [-0.25, -0.2) is 4.98 Å². The Morgan fingerprint density at radius 1 is 1.29 bits per heavy atom. The van der Waals surface area contributed by atoms with Gasteiger partial charge in [-0.3, -0.25) is 0 Å². The van der Waals surface area contributed by atoms with Crippen molar-refractivity contribution < 1.29 is 0 Å². The molecule has 1 aromatic heterocycles. The SMILES string of the molecule is Cc1nsc(N2CC(C)CC(C)C2)n1. The van der Waals surface area contributed by atoms with Gasteiger partial charge in [-0.15, -0.1) is 0 Å². The highest BCUT2D eigenvalue weighted by molar-refractivity contribution is 7.09. The first kappa shape index (κ1) is 9.90. The molecular weight excluding hydrogens is 194 g/mol. The van der Waals surface area contributed by atoms with Gasteiger partial charge in [0.05, 0.1) is 0 Å². The predicted molar refractivity (Wildman–Crippen MR) is 59.8 cm³/mol. The summed E-state index contributed by atoms with van der Waals surface area (Å²) in [5.74, 6) is 2.46. The van der Waals surface area contributed by atoms with E-state index in [1.54, 1.807) is 0 Å². The van der Waals surface area contributed by atoms with E-state index in [0.29, 0.717) is 0 Å². The van der Waals surface area contributed by atoms with Crippen molar-refractivity contribution in [1.29, 1.82) is 0 Å². The quantitative estimate of drug-likeness (QED) is 0.714. The lowest BCUT2D eigenvalue weighted by Crippen LogP contribution is -2.38. The molecular formula is C10H17N3S. The van der Waals surface area contributed by atoms with Crippen molar-refractivity contribution >= 4 is 16.7 Å². The lowest BCUT2D eigenvalue weighted by atomic mass is 9.92. The van der Waals surface area contributed by atoms with Crippen LogP contribution in [0, 0.1) is 18.8 Å². The Hall–Kier alpha value is -0.640. The van der Waals surface area contributed by atoms with E-state index in [4.69, 9.17) is 0 Å². The molecule has 0 N–H and O–H groups in total. The van der Waals surface area contributed by atoms with E-state index in [1.807, 2.05) is 6.92 Å². The summed E-state index contributed by atoms with van der Waals surface area (Å²) >= 11 is 1.52. The molecule has 0 aliphatic carbocycles. The van der Waals surface area contributed by atoms with Crippen molar-refractivity contribution in [2.24, 2.45) is 11.8 Å². The van der Waals surface area contributed by atoms with E-state index in [2.05, 4.69) is 28.1 Å². The topological polar surface area (TPSA) is 29.0 Å². The number of anilines is 1. The first-order valence-corrected chi connectivity index (χ1v) is 5.97. The largest absolute Gasteiger partial charge is 0.346 e. The van der Waals surface area contributed by atoms with Crippen molar-refractivity contribution in [3.05, 3.63) is 5.82 Å². The van der Waals surface area contributed by atoms with Crippen LogP contribution in [0.4, 0.5) is 5.13 Å². The van der Waals surface area contributed by atoms with E-state index in [0.717, 1.165) is 35.9 Å². The summed E-state index contributed by atoms with van der Waals surface area (Å²) in [4.78, 5) is 6.82. The summed E-state index contributed by atoms with van der Waals surface area (Å²) in [6.07, 6.45) is 1.34. The molecule has 1 aliphatic rings. The second-order valence-corrected chi connectivity index (χ2v) is 5.21. The molecule has 14 heavy (non-hydrogen) atoms. The highest BCUT2D eigenvalue weighted by Gasteiger charge is 2.23. The van der Waals surface area contributed by atoms with Gasteiger partial charge < -0.3 is 4.90 Å². The van der Waals surface area contributed by atoms with Crippen LogP contribution in [0.3, 0.4) is 0 Å². The zero-order chi connectivity index (χ0) is 10.1. The maximum atomic E-state index is 4.44. The second-order valence-electron chi connectivity index (χ2n) is 4.48. The zero-order valence-electron chi connectivity index (χ0n) is 9.03. The third kappa shape index (κ3) is 2.05. The fourth-order valence-corrected chi connectivity index (χ4v) is 2.93. The average molecular weight is 211 g/mol. The fraction of sp³-hybridized carbons (Fsp3) is 0.800. The normalized spacial score (nSPS) is 28.1. The number of piperidine rings is 1. The molecule has 3 nitrogen and oxygen atoms in total. The fourth-order valence-electron chi connectivity index (χ4n) is 2.23. The number of aromatic nitrogens is 2. The van der Waals surface area contributed by atoms with Gasteiger partial charge in [0.15, 0.2) is 0 Å². The van der Waals surface area contributed by atoms with E-state index < -0.39 is 0 Å². The maximum Gasteiger partial charge on any atom is 0.205 e. The van der Waals surface area contributed by atoms with Crippen LogP contribution >= 0.6 is 11.5 Å². The molecule has 1 fully saturated rings. The highest BCUT2D eigenvalue weighted by atomic mass is 32.1. The molecule has 2 rings (SSSR count). The van der Waals surface area contributed by atoms with Crippen LogP contribution in [0.5, 0.6) is 0 Å². The third-order valence-corrected chi connectivity index (χ3v) is 3.52. The molecule has 2 heterocycles. The van der Waals surface area contributed by atoms with Gasteiger partial charge in [0.2, 0.25) is 5.13 Å². The van der Waals surface area contributed by atoms with Crippen molar-refractivity contribution in [1.82, 2.24) is 9.36 Å². The minimum atomic E-state index is 0.781. The monoisotopic (exact) mass is 211 g/mol. The number of aryl methyl sites for hydroxylation is 1. The predicted octanol–water partition coefficient (Wildman–Crippen LogP) is 2.33. The van der Waals surface area contributed by atoms with Crippen LogP contribution in [-0.4, -0.2) is 22.4 Å². The molecule has 1 aromatic rings. The minimum absolute atomic E-state index is 0.781. The summed E-state index contributed by atoms with van der Waals surface area (Å²) in [7, 11) is 0. The number of nitrogens with zero attached hydrogens (tertiary/aromatic N) is 3. The Kier molecular flexibility index (Phi) is 2.72. The van der Waals surface area contributed by atoms with E-state index >= 15 is 0 Å². The molecule has 4 heteroatoms. The van der Waals surface area contributed by atoms with Crippen LogP contribution in [0.15, 0.2) is 0 Å². The van der Waals surface area contributed by atoms with Crippen LogP contribution in [0.2, 0.25) is 0 Å². The molecule has 1 aliphatic heterocycles. The Labute approximate surface area is 89.3 Å². The Bertz CT molecular complexity index is 300. The summed E-state index contributed by atoms with van der Waals surface area (Å²) in [6, 6.07) is 0. The van der Waals surface area contributed by atoms with Gasteiger partial charge in [0.25, 0.3) is 0 Å². The van der Waals surface area contributed by atoms with Gasteiger partial charge in [-0.1, -0.05) is 13.8 Å². The zero-order valence-corrected chi connectivity index (χ0v) is 9.84. The van der Waals surface area contributed by atoms with Gasteiger partial charge in [0, 0.05) is 24.6 Å². The van der Waals surface area contributed by atoms with E-state index in [-0.39, 0.29) is 0 Å². The molecule has 1 saturated heterocycles. The summed E-state index contributed by atoms with van der Waals surface area (Å²) in [5, 5.41) is 1.10. The van der Waals surface area contributed by atoms with Crippen molar-refractivity contribution in [3.63, 3.8) is 0 Å². The summed E-state index contributed by atoms with van der Waals surface area (Å²) in [6.45, 7) is 8.86. The Morgan fingerprint density at radius 2 is 1.93 bits per heavy atom. The van der Waals surface area contributed by atoms with Crippen molar-refractivity contribution in [3.8, 4) is 0 Å². The van der Waals surface area contributed by atoms with Crippen molar-refractivity contribution in [2.45, 2.75) is 27.2 Å². The van der Waals surface area contributed by atoms with Crippen LogP contribution in [0.1, 0.15) is 26.1 Å². The van der Waals surface area contributed by atoms with Crippen molar-refractivity contribution in [2.75, 3.05) is 18.0 Å². The molecule has 0 saturated carbocycles. The Morgan fingerprint density at radius 3 is 2.43 bits per heavy atom. The molecule has 0 radical (unpaired) electrons. The second kappa shape index (κ2) is 3.85. The lowest BCUT2D eigenvalue weighted by molar-refractivity contribution is 0.356. The lowest BCUT2D eigenvalue weighted by Gasteiger charge is -2.34. The van der Waals surface area contributed by atoms with Crippen LogP contribution in [0.25, 0.3) is 0 Å². The summed E-state index contributed by atoms with van der Waals surface area (Å²) in [5.41, 5.74) is 0. The molecule has 0 spiro atoms.